The summed E-state index contributed by atoms with van der Waals surface area (Å²) >= 11 is 0. The van der Waals surface area contributed by atoms with Gasteiger partial charge >= 0.3 is 6.09 Å². The number of imide groups is 1. The molecular weight excluding hydrogens is 589 g/mol. The van der Waals surface area contributed by atoms with Crippen molar-refractivity contribution < 1.29 is 28.3 Å². The summed E-state index contributed by atoms with van der Waals surface area (Å²) in [5.74, 6) is 0.238. The number of amides is 4. The average molecular weight is 640 g/mol. The third kappa shape index (κ3) is 7.50. The molecule has 0 aliphatic carbocycles. The van der Waals surface area contributed by atoms with Crippen LogP contribution in [0.5, 0.6) is 0 Å². The van der Waals surface area contributed by atoms with E-state index in [1.807, 2.05) is 32.9 Å². The molecule has 5 aliphatic heterocycles. The number of ether oxygens (including phenoxy) is 1. The largest absolute Gasteiger partial charge is 0.444 e. The molecule has 0 spiro atoms. The molecule has 5 heterocycles. The van der Waals surface area contributed by atoms with Gasteiger partial charge in [-0.2, -0.15) is 0 Å². The molecule has 4 amide bonds. The Morgan fingerprint density at radius 1 is 0.957 bits per heavy atom. The molecule has 1 aromatic rings. The Morgan fingerprint density at radius 2 is 1.63 bits per heavy atom. The van der Waals surface area contributed by atoms with Crippen molar-refractivity contribution in [3.63, 3.8) is 0 Å². The fourth-order valence-electron chi connectivity index (χ4n) is 8.01. The molecule has 1 aromatic carbocycles. The third-order valence-electron chi connectivity index (χ3n) is 10.7. The van der Waals surface area contributed by atoms with E-state index in [1.54, 1.807) is 9.80 Å². The van der Waals surface area contributed by atoms with Crippen LogP contribution < -0.4 is 10.2 Å². The maximum Gasteiger partial charge on any atom is 0.410 e. The lowest BCUT2D eigenvalue weighted by Crippen LogP contribution is -2.52. The molecule has 1 atom stereocenters. The van der Waals surface area contributed by atoms with E-state index in [0.29, 0.717) is 62.7 Å². The van der Waals surface area contributed by atoms with Crippen molar-refractivity contribution in [1.82, 2.24) is 20.0 Å². The first-order valence-electron chi connectivity index (χ1n) is 17.3. The molecule has 4 saturated heterocycles. The Hall–Kier alpha value is -3.21. The summed E-state index contributed by atoms with van der Waals surface area (Å²) in [6.45, 7) is 11.9. The van der Waals surface area contributed by atoms with Crippen LogP contribution in [0.4, 0.5) is 14.9 Å². The van der Waals surface area contributed by atoms with Gasteiger partial charge in [-0.1, -0.05) is 0 Å². The normalized spacial score (nSPS) is 25.1. The number of carbonyl (C=O) groups is 4. The van der Waals surface area contributed by atoms with Gasteiger partial charge in [0, 0.05) is 56.9 Å². The summed E-state index contributed by atoms with van der Waals surface area (Å²) in [5.41, 5.74) is 0.986. The van der Waals surface area contributed by atoms with Crippen LogP contribution in [0.25, 0.3) is 0 Å². The molecule has 252 valence electrons. The van der Waals surface area contributed by atoms with Crippen molar-refractivity contribution in [2.45, 2.75) is 102 Å². The number of rotatable bonds is 6. The van der Waals surface area contributed by atoms with Gasteiger partial charge in [-0.05, 0) is 121 Å². The van der Waals surface area contributed by atoms with Crippen LogP contribution in [0.3, 0.4) is 0 Å². The van der Waals surface area contributed by atoms with Crippen molar-refractivity contribution in [3.8, 4) is 0 Å². The fourth-order valence-corrected chi connectivity index (χ4v) is 8.01. The van der Waals surface area contributed by atoms with Crippen molar-refractivity contribution >= 4 is 29.5 Å². The molecular formula is C35H50FN5O5. The van der Waals surface area contributed by atoms with Gasteiger partial charge in [-0.25, -0.2) is 9.18 Å². The molecule has 10 nitrogen and oxygen atoms in total. The standard InChI is InChI=1S/C35H50FN5O5/c1-34(2,3)46-33(45)40-18-12-35(36,13-19-40)21-24-8-14-38(15-9-24)22-25-10-16-39(17-11-25)27-4-5-28-26(20-27)23-41(32(28)44)29-6-7-30(42)37-31(29)43/h4-5,20,24-25,29H,6-19,21-23H2,1-3H3,(H,37,42,43). The van der Waals surface area contributed by atoms with Gasteiger partial charge < -0.3 is 24.3 Å². The van der Waals surface area contributed by atoms with Crippen molar-refractivity contribution in [2.24, 2.45) is 11.8 Å². The molecule has 6 rings (SSSR count). The molecule has 0 bridgehead atoms. The second kappa shape index (κ2) is 13.1. The van der Waals surface area contributed by atoms with Gasteiger partial charge in [0.15, 0.2) is 0 Å². The molecule has 0 aromatic heterocycles. The lowest BCUT2D eigenvalue weighted by molar-refractivity contribution is -0.136. The van der Waals surface area contributed by atoms with Gasteiger partial charge in [0.1, 0.15) is 17.3 Å². The Morgan fingerprint density at radius 3 is 2.28 bits per heavy atom. The zero-order chi connectivity index (χ0) is 32.6. The van der Waals surface area contributed by atoms with E-state index in [2.05, 4.69) is 21.2 Å². The predicted octanol–water partition coefficient (Wildman–Crippen LogP) is 4.51. The lowest BCUT2D eigenvalue weighted by atomic mass is 9.80. The monoisotopic (exact) mass is 639 g/mol. The summed E-state index contributed by atoms with van der Waals surface area (Å²) in [4.78, 5) is 57.6. The second-order valence-electron chi connectivity index (χ2n) is 15.2. The lowest BCUT2D eigenvalue weighted by Gasteiger charge is -2.41. The zero-order valence-corrected chi connectivity index (χ0v) is 27.7. The van der Waals surface area contributed by atoms with Gasteiger partial charge in [0.2, 0.25) is 11.8 Å². The number of nitrogens with zero attached hydrogens (tertiary/aromatic N) is 4. The first-order chi connectivity index (χ1) is 21.9. The number of alkyl halides is 1. The Kier molecular flexibility index (Phi) is 9.33. The van der Waals surface area contributed by atoms with Crippen molar-refractivity contribution in [2.75, 3.05) is 50.7 Å². The predicted molar refractivity (Wildman–Crippen MR) is 172 cm³/mol. The minimum absolute atomic E-state index is 0.135. The first kappa shape index (κ1) is 32.7. The van der Waals surface area contributed by atoms with Gasteiger partial charge in [0.05, 0.1) is 0 Å². The number of benzene rings is 1. The number of piperidine rings is 4. The molecule has 4 fully saturated rings. The second-order valence-corrected chi connectivity index (χ2v) is 15.2. The van der Waals surface area contributed by atoms with Crippen LogP contribution in [0.2, 0.25) is 0 Å². The molecule has 1 N–H and O–H groups in total. The van der Waals surface area contributed by atoms with Crippen LogP contribution in [0.1, 0.15) is 94.5 Å². The summed E-state index contributed by atoms with van der Waals surface area (Å²) in [5, 5.41) is 2.37. The molecule has 0 saturated carbocycles. The van der Waals surface area contributed by atoms with E-state index in [9.17, 15) is 19.2 Å². The number of likely N-dealkylation sites (tertiary alicyclic amines) is 2. The number of hydrogen-bond acceptors (Lipinski definition) is 7. The highest BCUT2D eigenvalue weighted by molar-refractivity contribution is 6.05. The highest BCUT2D eigenvalue weighted by Crippen LogP contribution is 2.37. The molecule has 5 aliphatic rings. The molecule has 11 heteroatoms. The fraction of sp³-hybridized carbons (Fsp3) is 0.714. The smallest absolute Gasteiger partial charge is 0.410 e. The van der Waals surface area contributed by atoms with E-state index in [4.69, 9.17) is 4.74 Å². The Labute approximate surface area is 271 Å². The maximum absolute atomic E-state index is 15.8. The third-order valence-corrected chi connectivity index (χ3v) is 10.7. The van der Waals surface area contributed by atoms with Crippen molar-refractivity contribution in [1.29, 1.82) is 0 Å². The van der Waals surface area contributed by atoms with Gasteiger partial charge in [0.25, 0.3) is 5.91 Å². The van der Waals surface area contributed by atoms with Crippen molar-refractivity contribution in [3.05, 3.63) is 29.3 Å². The van der Waals surface area contributed by atoms with Crippen LogP contribution in [0.15, 0.2) is 18.2 Å². The van der Waals surface area contributed by atoms with E-state index in [1.165, 1.54) is 0 Å². The molecule has 46 heavy (non-hydrogen) atoms. The van der Waals surface area contributed by atoms with Gasteiger partial charge in [-0.3, -0.25) is 19.7 Å². The number of hydrogen-bond donors (Lipinski definition) is 1. The van der Waals surface area contributed by atoms with E-state index >= 15 is 4.39 Å². The summed E-state index contributed by atoms with van der Waals surface area (Å²) in [6, 6.07) is 5.42. The van der Waals surface area contributed by atoms with E-state index in [-0.39, 0.29) is 30.2 Å². The molecule has 1 unspecified atom stereocenters. The van der Waals surface area contributed by atoms with Crippen LogP contribution in [-0.4, -0.2) is 102 Å². The summed E-state index contributed by atoms with van der Waals surface area (Å²) < 4.78 is 21.2. The van der Waals surface area contributed by atoms with E-state index < -0.39 is 17.3 Å². The number of carbonyl (C=O) groups excluding carboxylic acids is 4. The topological polar surface area (TPSA) is 102 Å². The first-order valence-corrected chi connectivity index (χ1v) is 17.3. The minimum Gasteiger partial charge on any atom is -0.444 e. The Bertz CT molecular complexity index is 1320. The van der Waals surface area contributed by atoms with Crippen LogP contribution in [0, 0.1) is 11.8 Å². The summed E-state index contributed by atoms with van der Waals surface area (Å²) in [7, 11) is 0. The number of halogens is 1. The maximum atomic E-state index is 15.8. The quantitative estimate of drug-likeness (QED) is 0.458. The number of anilines is 1. The summed E-state index contributed by atoms with van der Waals surface area (Å²) in [6.07, 6.45) is 5.95. The van der Waals surface area contributed by atoms with Crippen LogP contribution >= 0.6 is 0 Å². The number of nitrogens with one attached hydrogen (secondary N) is 1. The zero-order valence-electron chi connectivity index (χ0n) is 27.7. The highest BCUT2D eigenvalue weighted by atomic mass is 19.1. The SMILES string of the molecule is CC(C)(C)OC(=O)N1CCC(F)(CC2CCN(CC3CCN(c4ccc5c(c4)CN(C4CCC(=O)NC4=O)C5=O)CC3)CC2)CC1. The van der Waals surface area contributed by atoms with Gasteiger partial charge in [-0.15, -0.1) is 0 Å². The average Bonchev–Trinajstić information content (AvgIpc) is 3.33. The highest BCUT2D eigenvalue weighted by Gasteiger charge is 2.41. The Balaban J connectivity index is 0.917. The number of fused-ring (bicyclic) bond motifs is 1. The molecule has 0 radical (unpaired) electrons. The van der Waals surface area contributed by atoms with Crippen LogP contribution in [-0.2, 0) is 20.9 Å². The van der Waals surface area contributed by atoms with E-state index in [0.717, 1.165) is 69.7 Å². The minimum atomic E-state index is -1.19.